The molecule has 2 saturated carbocycles. The summed E-state index contributed by atoms with van der Waals surface area (Å²) in [6.45, 7) is 0. The fourth-order valence-electron chi connectivity index (χ4n) is 6.72. The third kappa shape index (κ3) is 7.07. The molecule has 0 saturated heterocycles. The van der Waals surface area contributed by atoms with Gasteiger partial charge in [-0.3, -0.25) is 0 Å². The topological polar surface area (TPSA) is 0 Å². The minimum Gasteiger partial charge on any atom is -0.179 e. The minimum atomic E-state index is -0.826. The molecule has 3 aliphatic rings. The van der Waals surface area contributed by atoms with Gasteiger partial charge in [0.05, 0.1) is 0 Å². The minimum absolute atomic E-state index is 0.0611. The van der Waals surface area contributed by atoms with Crippen molar-refractivity contribution in [3.8, 4) is 11.1 Å². The van der Waals surface area contributed by atoms with Crippen LogP contribution in [0.25, 0.3) is 21.9 Å². The van der Waals surface area contributed by atoms with Gasteiger partial charge in [0.2, 0.25) is 0 Å². The first-order valence-corrected chi connectivity index (χ1v) is 22.1. The van der Waals surface area contributed by atoms with Gasteiger partial charge < -0.3 is 0 Å². The van der Waals surface area contributed by atoms with Gasteiger partial charge in [-0.2, -0.15) is 35.9 Å². The maximum absolute atomic E-state index is 4.93. The van der Waals surface area contributed by atoms with Gasteiger partial charge in [-0.1, -0.05) is 87.9 Å². The molecule has 0 atom stereocenters. The Hall–Kier alpha value is -0.837. The van der Waals surface area contributed by atoms with Crippen LogP contribution in [-0.2, 0) is 27.3 Å². The van der Waals surface area contributed by atoms with Gasteiger partial charge in [-0.15, -0.1) is 45.9 Å². The predicted octanol–water partition coefficient (Wildman–Crippen LogP) is 10.8. The molecule has 4 heteroatoms. The summed E-state index contributed by atoms with van der Waals surface area (Å²) in [6, 6.07) is 32.2. The van der Waals surface area contributed by atoms with E-state index in [4.69, 9.17) is 17.0 Å². The van der Waals surface area contributed by atoms with E-state index in [1.165, 1.54) is 97.2 Å². The van der Waals surface area contributed by atoms with Crippen LogP contribution in [0, 0.1) is 6.07 Å². The molecular weight excluding hydrogens is 601 g/mol. The summed E-state index contributed by atoms with van der Waals surface area (Å²) in [6.07, 6.45) is 16.0. The molecule has 2 fully saturated rings. The molecule has 0 nitrogen and oxygen atoms in total. The third-order valence-electron chi connectivity index (χ3n) is 8.45. The van der Waals surface area contributed by atoms with E-state index in [0.29, 0.717) is 0 Å². The first kappa shape index (κ1) is 28.7. The van der Waals surface area contributed by atoms with Crippen molar-refractivity contribution >= 4 is 41.0 Å². The van der Waals surface area contributed by atoms with Crippen LogP contribution in [0.5, 0.6) is 0 Å². The molecule has 0 heterocycles. The van der Waals surface area contributed by atoms with Gasteiger partial charge in [-0.05, 0) is 43.4 Å². The van der Waals surface area contributed by atoms with Gasteiger partial charge >= 0.3 is 37.9 Å². The fraction of sp³-hybridized carbons (Fsp3) is 0.382. The van der Waals surface area contributed by atoms with Crippen molar-refractivity contribution in [2.24, 2.45) is 0 Å². The fourth-order valence-corrected chi connectivity index (χ4v) is 10.6. The van der Waals surface area contributed by atoms with Crippen LogP contribution in [0.1, 0.15) is 75.3 Å². The average molecular weight is 639 g/mol. The number of rotatable bonds is 3. The summed E-state index contributed by atoms with van der Waals surface area (Å²) in [5.41, 5.74) is 7.54. The normalized spacial score (nSPS) is 17.0. The molecule has 3 aliphatic carbocycles. The molecule has 0 radical (unpaired) electrons. The van der Waals surface area contributed by atoms with E-state index in [2.05, 4.69) is 78.9 Å². The Morgan fingerprint density at radius 1 is 0.737 bits per heavy atom. The van der Waals surface area contributed by atoms with E-state index >= 15 is 0 Å². The summed E-state index contributed by atoms with van der Waals surface area (Å²) in [4.78, 5) is 0. The number of hydrogen-bond acceptors (Lipinski definition) is 0. The van der Waals surface area contributed by atoms with Crippen LogP contribution in [0.4, 0.5) is 0 Å². The molecule has 196 valence electrons. The quantitative estimate of drug-likeness (QED) is 0.136. The van der Waals surface area contributed by atoms with Gasteiger partial charge in [0.25, 0.3) is 0 Å². The van der Waals surface area contributed by atoms with Crippen LogP contribution in [-0.4, -0.2) is 11.3 Å². The Morgan fingerprint density at radius 3 is 2.03 bits per heavy atom. The zero-order valence-electron chi connectivity index (χ0n) is 22.1. The van der Waals surface area contributed by atoms with Crippen molar-refractivity contribution in [1.82, 2.24) is 0 Å². The van der Waals surface area contributed by atoms with Crippen LogP contribution in [0.2, 0.25) is 0 Å². The van der Waals surface area contributed by atoms with E-state index in [1.54, 1.807) is 5.30 Å². The van der Waals surface area contributed by atoms with E-state index in [9.17, 15) is 0 Å². The standard InChI is InChI=1S/C21H28P.C13H9.2ClH.Zr/c1-3-11-19(12-4-1)22(20-13-5-2-6-14-20)21-15-17-9-7-8-10-18(17)16-21;1-3-7-12-10(5-1)9-11-6-2-4-8-13(11)12;;;/h7-10,15-16,19-20H,1-6,11-14H2;1-5,7-8H,9H2;2*1H;/q2*-1;;;+4/p-2. The second kappa shape index (κ2) is 14.7. The van der Waals surface area contributed by atoms with E-state index in [0.717, 1.165) is 17.7 Å². The van der Waals surface area contributed by atoms with Crippen molar-refractivity contribution in [2.75, 3.05) is 0 Å². The monoisotopic (exact) mass is 636 g/mol. The number of benzene rings is 3. The smallest absolute Gasteiger partial charge is 0.0181 e. The second-order valence-corrected chi connectivity index (χ2v) is 17.3. The van der Waals surface area contributed by atoms with Crippen molar-refractivity contribution in [3.05, 3.63) is 96.1 Å². The Bertz CT molecular complexity index is 1190. The Balaban J connectivity index is 0.000000155. The molecule has 0 amide bonds. The molecule has 0 spiro atoms. The Kier molecular flexibility index (Phi) is 11.1. The maximum Gasteiger partial charge on any atom is -0.0181 e. The first-order valence-electron chi connectivity index (χ1n) is 14.3. The van der Waals surface area contributed by atoms with Crippen LogP contribution in [0.3, 0.4) is 0 Å². The average Bonchev–Trinajstić information content (AvgIpc) is 3.57. The van der Waals surface area contributed by atoms with Crippen LogP contribution in [0.15, 0.2) is 78.9 Å². The van der Waals surface area contributed by atoms with Crippen molar-refractivity contribution in [2.45, 2.75) is 81.9 Å². The van der Waals surface area contributed by atoms with Crippen LogP contribution < -0.4 is 5.30 Å². The summed E-state index contributed by atoms with van der Waals surface area (Å²) >= 11 is -0.826. The molecule has 0 aliphatic heterocycles. The van der Waals surface area contributed by atoms with Gasteiger partial charge in [0.15, 0.2) is 0 Å². The van der Waals surface area contributed by atoms with Crippen molar-refractivity contribution < 1.29 is 20.8 Å². The number of halogens is 2. The van der Waals surface area contributed by atoms with E-state index in [-0.39, 0.29) is 7.92 Å². The zero-order valence-corrected chi connectivity index (χ0v) is 27.0. The SMILES string of the molecule is [Cl][Zr+2][Cl].[c-]1cccc2c1Cc1ccccc1-2.c1ccc2[cH-]c(P(C3CCCCC3)C3CCCCC3)cc2c1. The summed E-state index contributed by atoms with van der Waals surface area (Å²) in [5, 5.41) is 4.67. The Morgan fingerprint density at radius 2 is 1.34 bits per heavy atom. The second-order valence-electron chi connectivity index (χ2n) is 10.8. The van der Waals surface area contributed by atoms with Crippen molar-refractivity contribution in [1.29, 1.82) is 0 Å². The summed E-state index contributed by atoms with van der Waals surface area (Å²) in [5.74, 6) is 0. The molecule has 0 unspecified atom stereocenters. The van der Waals surface area contributed by atoms with Gasteiger partial charge in [0, 0.05) is 0 Å². The molecule has 4 aromatic rings. The molecule has 0 bridgehead atoms. The van der Waals surface area contributed by atoms with Crippen molar-refractivity contribution in [3.63, 3.8) is 0 Å². The van der Waals surface area contributed by atoms with Crippen LogP contribution >= 0.6 is 24.9 Å². The third-order valence-corrected chi connectivity index (χ3v) is 11.9. The molecule has 0 aromatic heterocycles. The zero-order chi connectivity index (χ0) is 26.2. The number of hydrogen-bond donors (Lipinski definition) is 0. The predicted molar refractivity (Wildman–Crippen MR) is 165 cm³/mol. The maximum atomic E-state index is 4.93. The Labute approximate surface area is 249 Å². The summed E-state index contributed by atoms with van der Waals surface area (Å²) < 4.78 is 0. The largest absolute Gasteiger partial charge is 0.179 e. The molecular formula is C34H37Cl2PZr. The molecule has 0 N–H and O–H groups in total. The number of fused-ring (bicyclic) bond motifs is 4. The molecule has 7 rings (SSSR count). The molecule has 4 aromatic carbocycles. The first-order chi connectivity index (χ1) is 18.8. The molecule has 38 heavy (non-hydrogen) atoms. The van der Waals surface area contributed by atoms with Gasteiger partial charge in [-0.25, -0.2) is 0 Å². The van der Waals surface area contributed by atoms with Gasteiger partial charge in [0.1, 0.15) is 0 Å². The summed E-state index contributed by atoms with van der Waals surface area (Å²) in [7, 11) is 9.93. The van der Waals surface area contributed by atoms with E-state index < -0.39 is 20.8 Å². The van der Waals surface area contributed by atoms with E-state index in [1.807, 2.05) is 6.07 Å².